The van der Waals surface area contributed by atoms with E-state index < -0.39 is 0 Å². The number of rotatable bonds is 1. The van der Waals surface area contributed by atoms with Gasteiger partial charge in [-0.15, -0.1) is 0 Å². The molecule has 0 radical (unpaired) electrons. The molecule has 1 heterocycles. The average Bonchev–Trinajstić information content (AvgIpc) is 2.14. The Morgan fingerprint density at radius 3 is 2.88 bits per heavy atom. The molecule has 0 aromatic carbocycles. The molecule has 0 spiro atoms. The molecule has 0 atom stereocenters. The van der Waals surface area contributed by atoms with Gasteiger partial charge in [-0.25, -0.2) is 4.98 Å². The van der Waals surface area contributed by atoms with Crippen LogP contribution in [0.4, 0.5) is 5.00 Å². The Hall–Kier alpha value is -0.900. The minimum atomic E-state index is 0.433. The predicted octanol–water partition coefficient (Wildman–Crippen LogP) is 0.538. The van der Waals surface area contributed by atoms with Crippen LogP contribution in [0.3, 0.4) is 0 Å². The summed E-state index contributed by atoms with van der Waals surface area (Å²) in [5, 5.41) is 1.01. The monoisotopic (exact) mass is 128 g/mol. The summed E-state index contributed by atoms with van der Waals surface area (Å²) in [5.41, 5.74) is 5.25. The molecule has 1 aromatic heterocycles. The molecular weight excluding hydrogens is 124 g/mol. The Morgan fingerprint density at radius 1 is 1.88 bits per heavy atom. The number of thiazole rings is 1. The number of aldehydes is 1. The maximum absolute atomic E-state index is 9.91. The maximum atomic E-state index is 9.91. The number of anilines is 1. The van der Waals surface area contributed by atoms with Gasteiger partial charge in [-0.1, -0.05) is 11.3 Å². The number of carbonyl (C=O) groups is 1. The molecule has 0 amide bonds. The van der Waals surface area contributed by atoms with E-state index in [1.165, 1.54) is 17.5 Å². The Balaban J connectivity index is 3.00. The zero-order valence-corrected chi connectivity index (χ0v) is 4.81. The molecule has 4 heteroatoms. The topological polar surface area (TPSA) is 56.0 Å². The summed E-state index contributed by atoms with van der Waals surface area (Å²) in [6.45, 7) is 0. The fourth-order valence-corrected chi connectivity index (χ4v) is 0.856. The first-order valence-electron chi connectivity index (χ1n) is 1.99. The SMILES string of the molecule is Nc1cnc(C=O)s1. The summed E-state index contributed by atoms with van der Waals surface area (Å²) >= 11 is 1.19. The first-order chi connectivity index (χ1) is 3.83. The summed E-state index contributed by atoms with van der Waals surface area (Å²) < 4.78 is 0. The molecule has 8 heavy (non-hydrogen) atoms. The van der Waals surface area contributed by atoms with Gasteiger partial charge in [-0.3, -0.25) is 4.79 Å². The highest BCUT2D eigenvalue weighted by Gasteiger charge is 1.92. The molecule has 0 unspecified atom stereocenters. The smallest absolute Gasteiger partial charge is 0.178 e. The number of nitrogens with two attached hydrogens (primary N) is 1. The highest BCUT2D eigenvalue weighted by molar-refractivity contribution is 7.16. The van der Waals surface area contributed by atoms with E-state index in [0.29, 0.717) is 16.3 Å². The number of nitrogen functional groups attached to an aromatic ring is 1. The van der Waals surface area contributed by atoms with Crippen molar-refractivity contribution >= 4 is 22.6 Å². The van der Waals surface area contributed by atoms with Crippen molar-refractivity contribution in [1.29, 1.82) is 0 Å². The van der Waals surface area contributed by atoms with Gasteiger partial charge in [-0.2, -0.15) is 0 Å². The number of hydrogen-bond donors (Lipinski definition) is 1. The molecule has 1 aromatic rings. The Bertz CT molecular complexity index is 196. The number of carbonyl (C=O) groups excluding carboxylic acids is 1. The van der Waals surface area contributed by atoms with Gasteiger partial charge in [0.25, 0.3) is 0 Å². The lowest BCUT2D eigenvalue weighted by Crippen LogP contribution is -1.73. The summed E-state index contributed by atoms with van der Waals surface area (Å²) in [4.78, 5) is 13.6. The van der Waals surface area contributed by atoms with Gasteiger partial charge in [-0.05, 0) is 0 Å². The van der Waals surface area contributed by atoms with Crippen molar-refractivity contribution in [3.63, 3.8) is 0 Å². The van der Waals surface area contributed by atoms with Gasteiger partial charge in [0.2, 0.25) is 0 Å². The molecule has 0 aliphatic carbocycles. The first-order valence-corrected chi connectivity index (χ1v) is 2.81. The first kappa shape index (κ1) is 5.24. The normalized spacial score (nSPS) is 9.00. The van der Waals surface area contributed by atoms with E-state index in [9.17, 15) is 4.79 Å². The Kier molecular flexibility index (Phi) is 1.26. The second-order valence-corrected chi connectivity index (χ2v) is 2.31. The number of aromatic nitrogens is 1. The van der Waals surface area contributed by atoms with Gasteiger partial charge < -0.3 is 5.73 Å². The summed E-state index contributed by atoms with van der Waals surface area (Å²) in [5.74, 6) is 0. The van der Waals surface area contributed by atoms with Gasteiger partial charge in [0.1, 0.15) is 5.00 Å². The van der Waals surface area contributed by atoms with E-state index in [1.54, 1.807) is 0 Å². The molecule has 1 rings (SSSR count). The standard InChI is InChI=1S/C4H4N2OS/c5-3-1-6-4(2-7)8-3/h1-2H,5H2. The van der Waals surface area contributed by atoms with Crippen LogP contribution in [0.25, 0.3) is 0 Å². The molecule has 0 saturated heterocycles. The molecule has 3 nitrogen and oxygen atoms in total. The molecule has 0 saturated carbocycles. The predicted molar refractivity (Wildman–Crippen MR) is 31.9 cm³/mol. The van der Waals surface area contributed by atoms with E-state index in [-0.39, 0.29) is 0 Å². The van der Waals surface area contributed by atoms with Crippen molar-refractivity contribution in [3.05, 3.63) is 11.2 Å². The summed E-state index contributed by atoms with van der Waals surface area (Å²) in [6.07, 6.45) is 2.15. The molecule has 0 fully saturated rings. The molecule has 42 valence electrons. The minimum absolute atomic E-state index is 0.433. The molecule has 0 aliphatic heterocycles. The highest BCUT2D eigenvalue weighted by atomic mass is 32.1. The molecule has 0 aliphatic rings. The van der Waals surface area contributed by atoms with Crippen molar-refractivity contribution < 1.29 is 4.79 Å². The van der Waals surface area contributed by atoms with Crippen molar-refractivity contribution in [2.45, 2.75) is 0 Å². The second kappa shape index (κ2) is 1.92. The van der Waals surface area contributed by atoms with Gasteiger partial charge in [0, 0.05) is 0 Å². The Labute approximate surface area is 50.2 Å². The number of hydrogen-bond acceptors (Lipinski definition) is 4. The van der Waals surface area contributed by atoms with Crippen molar-refractivity contribution in [2.24, 2.45) is 0 Å². The lowest BCUT2D eigenvalue weighted by atomic mass is 10.8. The van der Waals surface area contributed by atoms with Crippen LogP contribution < -0.4 is 5.73 Å². The van der Waals surface area contributed by atoms with Crippen LogP contribution in [0, 0.1) is 0 Å². The van der Waals surface area contributed by atoms with E-state index >= 15 is 0 Å². The van der Waals surface area contributed by atoms with E-state index in [0.717, 1.165) is 0 Å². The zero-order valence-electron chi connectivity index (χ0n) is 4.00. The lowest BCUT2D eigenvalue weighted by molar-refractivity contribution is 0.112. The second-order valence-electron chi connectivity index (χ2n) is 1.22. The minimum Gasteiger partial charge on any atom is -0.389 e. The van der Waals surface area contributed by atoms with Gasteiger partial charge in [0.15, 0.2) is 11.3 Å². The molecular formula is C4H4N2OS. The summed E-state index contributed by atoms with van der Waals surface area (Å²) in [7, 11) is 0. The number of nitrogens with zero attached hydrogens (tertiary/aromatic N) is 1. The van der Waals surface area contributed by atoms with Crippen LogP contribution in [0.5, 0.6) is 0 Å². The fourth-order valence-electron chi connectivity index (χ4n) is 0.355. The van der Waals surface area contributed by atoms with Crippen LogP contribution >= 0.6 is 11.3 Å². The quantitative estimate of drug-likeness (QED) is 0.561. The molecule has 2 N–H and O–H groups in total. The third kappa shape index (κ3) is 0.840. The van der Waals surface area contributed by atoms with E-state index in [2.05, 4.69) is 4.98 Å². The highest BCUT2D eigenvalue weighted by Crippen LogP contribution is 2.11. The third-order valence-electron chi connectivity index (χ3n) is 0.642. The summed E-state index contributed by atoms with van der Waals surface area (Å²) in [6, 6.07) is 0. The van der Waals surface area contributed by atoms with E-state index in [1.807, 2.05) is 0 Å². The fraction of sp³-hybridized carbons (Fsp3) is 0. The maximum Gasteiger partial charge on any atom is 0.178 e. The Morgan fingerprint density at radius 2 is 2.62 bits per heavy atom. The average molecular weight is 128 g/mol. The zero-order chi connectivity index (χ0) is 5.98. The van der Waals surface area contributed by atoms with Gasteiger partial charge in [0.05, 0.1) is 6.20 Å². The van der Waals surface area contributed by atoms with Crippen molar-refractivity contribution in [1.82, 2.24) is 4.98 Å². The third-order valence-corrected chi connectivity index (χ3v) is 1.39. The van der Waals surface area contributed by atoms with Crippen molar-refractivity contribution in [3.8, 4) is 0 Å². The lowest BCUT2D eigenvalue weighted by Gasteiger charge is -1.69. The van der Waals surface area contributed by atoms with Crippen LogP contribution in [-0.4, -0.2) is 11.3 Å². The van der Waals surface area contributed by atoms with E-state index in [4.69, 9.17) is 5.73 Å². The van der Waals surface area contributed by atoms with Crippen molar-refractivity contribution in [2.75, 3.05) is 5.73 Å². The van der Waals surface area contributed by atoms with Gasteiger partial charge >= 0.3 is 0 Å². The van der Waals surface area contributed by atoms with Crippen LogP contribution in [-0.2, 0) is 0 Å². The largest absolute Gasteiger partial charge is 0.389 e. The van der Waals surface area contributed by atoms with Crippen LogP contribution in [0.1, 0.15) is 9.80 Å². The van der Waals surface area contributed by atoms with Crippen LogP contribution in [0.15, 0.2) is 6.20 Å². The van der Waals surface area contributed by atoms with Crippen LogP contribution in [0.2, 0.25) is 0 Å². The molecule has 0 bridgehead atoms.